The molecule has 1 atom stereocenters. The number of sulfonamides is 1. The van der Waals surface area contributed by atoms with Crippen molar-refractivity contribution in [3.8, 4) is 0 Å². The van der Waals surface area contributed by atoms with Gasteiger partial charge in [0.25, 0.3) is 0 Å². The Morgan fingerprint density at radius 2 is 2.06 bits per heavy atom. The first-order chi connectivity index (χ1) is 8.38. The van der Waals surface area contributed by atoms with E-state index in [0.717, 1.165) is 12.8 Å². The normalized spacial score (nSPS) is 22.1. The lowest BCUT2D eigenvalue weighted by Gasteiger charge is -2.33. The quantitative estimate of drug-likeness (QED) is 0.712. The number of ether oxygens (including phenoxy) is 1. The van der Waals surface area contributed by atoms with Gasteiger partial charge >= 0.3 is 5.97 Å². The molecule has 1 unspecified atom stereocenters. The van der Waals surface area contributed by atoms with Gasteiger partial charge in [0.15, 0.2) is 0 Å². The third-order valence-electron chi connectivity index (χ3n) is 2.91. The Morgan fingerprint density at radius 3 is 2.61 bits per heavy atom. The molecule has 18 heavy (non-hydrogen) atoms. The summed E-state index contributed by atoms with van der Waals surface area (Å²) in [6.45, 7) is 6.17. The average Bonchev–Trinajstić information content (AvgIpc) is 2.27. The van der Waals surface area contributed by atoms with Gasteiger partial charge in [0.1, 0.15) is 6.04 Å². The zero-order valence-electron chi connectivity index (χ0n) is 11.4. The van der Waals surface area contributed by atoms with Crippen molar-refractivity contribution in [2.75, 3.05) is 18.9 Å². The first kappa shape index (κ1) is 15.4. The third-order valence-corrected chi connectivity index (χ3v) is 5.15. The monoisotopic (exact) mass is 277 g/mol. The molecule has 0 aromatic heterocycles. The number of rotatable bonds is 5. The van der Waals surface area contributed by atoms with Crippen LogP contribution in [0.3, 0.4) is 0 Å². The summed E-state index contributed by atoms with van der Waals surface area (Å²) in [5, 5.41) is 0. The molecule has 106 valence electrons. The van der Waals surface area contributed by atoms with E-state index in [4.69, 9.17) is 4.74 Å². The molecule has 1 aliphatic heterocycles. The van der Waals surface area contributed by atoms with E-state index in [-0.39, 0.29) is 18.3 Å². The van der Waals surface area contributed by atoms with E-state index in [1.165, 1.54) is 4.31 Å². The molecule has 5 nitrogen and oxygen atoms in total. The van der Waals surface area contributed by atoms with Crippen LogP contribution in [0.5, 0.6) is 0 Å². The van der Waals surface area contributed by atoms with Gasteiger partial charge in [0, 0.05) is 6.54 Å². The molecule has 0 aliphatic carbocycles. The number of esters is 1. The Morgan fingerprint density at radius 1 is 1.39 bits per heavy atom. The molecule has 1 aliphatic rings. The van der Waals surface area contributed by atoms with Crippen LogP contribution in [-0.2, 0) is 19.6 Å². The first-order valence-corrected chi connectivity index (χ1v) is 8.15. The summed E-state index contributed by atoms with van der Waals surface area (Å²) < 4.78 is 30.8. The molecular weight excluding hydrogens is 254 g/mol. The van der Waals surface area contributed by atoms with Crippen molar-refractivity contribution in [1.29, 1.82) is 0 Å². The SMILES string of the molecule is CCOC(=O)C1CCCCN1S(=O)(=O)CC(C)C. The lowest BCUT2D eigenvalue weighted by Crippen LogP contribution is -2.49. The molecule has 0 spiro atoms. The fourth-order valence-corrected chi connectivity index (χ4v) is 4.25. The van der Waals surface area contributed by atoms with E-state index in [1.807, 2.05) is 13.8 Å². The Labute approximate surface area is 110 Å². The Bertz CT molecular complexity index is 378. The minimum absolute atomic E-state index is 0.0553. The summed E-state index contributed by atoms with van der Waals surface area (Å²) in [5.74, 6) is -0.271. The highest BCUT2D eigenvalue weighted by Gasteiger charge is 2.37. The van der Waals surface area contributed by atoms with Gasteiger partial charge in [-0.1, -0.05) is 13.8 Å². The maximum atomic E-state index is 12.2. The Hall–Kier alpha value is -0.620. The van der Waals surface area contributed by atoms with Gasteiger partial charge in [0.05, 0.1) is 12.4 Å². The van der Waals surface area contributed by atoms with Gasteiger partial charge in [-0.3, -0.25) is 4.79 Å². The first-order valence-electron chi connectivity index (χ1n) is 6.54. The number of carbonyl (C=O) groups excluding carboxylic acids is 1. The number of hydrogen-bond donors (Lipinski definition) is 0. The van der Waals surface area contributed by atoms with Gasteiger partial charge in [-0.25, -0.2) is 8.42 Å². The van der Waals surface area contributed by atoms with Crippen molar-refractivity contribution < 1.29 is 17.9 Å². The van der Waals surface area contributed by atoms with Crippen LogP contribution in [0.15, 0.2) is 0 Å². The second-order valence-electron chi connectivity index (χ2n) is 5.05. The van der Waals surface area contributed by atoms with Crippen molar-refractivity contribution >= 4 is 16.0 Å². The zero-order chi connectivity index (χ0) is 13.8. The Balaban J connectivity index is 2.85. The van der Waals surface area contributed by atoms with Gasteiger partial charge in [0.2, 0.25) is 10.0 Å². The lowest BCUT2D eigenvalue weighted by molar-refractivity contribution is -0.148. The summed E-state index contributed by atoms with van der Waals surface area (Å²) >= 11 is 0. The molecule has 1 fully saturated rings. The van der Waals surface area contributed by atoms with Crippen LogP contribution in [0.1, 0.15) is 40.0 Å². The van der Waals surface area contributed by atoms with Crippen molar-refractivity contribution in [2.45, 2.75) is 46.1 Å². The van der Waals surface area contributed by atoms with E-state index < -0.39 is 22.0 Å². The Kier molecular flexibility index (Phi) is 5.59. The summed E-state index contributed by atoms with van der Waals surface area (Å²) in [6.07, 6.45) is 2.25. The maximum Gasteiger partial charge on any atom is 0.324 e. The number of carbonyl (C=O) groups is 1. The van der Waals surface area contributed by atoms with E-state index in [1.54, 1.807) is 6.92 Å². The van der Waals surface area contributed by atoms with Gasteiger partial charge in [-0.05, 0) is 32.1 Å². The predicted molar refractivity (Wildman–Crippen MR) is 69.6 cm³/mol. The third kappa shape index (κ3) is 3.95. The van der Waals surface area contributed by atoms with E-state index in [0.29, 0.717) is 13.0 Å². The lowest BCUT2D eigenvalue weighted by atomic mass is 10.1. The van der Waals surface area contributed by atoms with Crippen LogP contribution in [0, 0.1) is 5.92 Å². The van der Waals surface area contributed by atoms with Crippen LogP contribution >= 0.6 is 0 Å². The molecule has 6 heteroatoms. The molecule has 0 bridgehead atoms. The van der Waals surface area contributed by atoms with Gasteiger partial charge < -0.3 is 4.74 Å². The summed E-state index contributed by atoms with van der Waals surface area (Å²) in [7, 11) is -3.36. The fraction of sp³-hybridized carbons (Fsp3) is 0.917. The van der Waals surface area contributed by atoms with Gasteiger partial charge in [-0.2, -0.15) is 4.31 Å². The minimum atomic E-state index is -3.36. The fourth-order valence-electron chi connectivity index (χ4n) is 2.23. The second kappa shape index (κ2) is 6.52. The second-order valence-corrected chi connectivity index (χ2v) is 7.01. The van der Waals surface area contributed by atoms with Gasteiger partial charge in [-0.15, -0.1) is 0 Å². The van der Waals surface area contributed by atoms with Crippen molar-refractivity contribution in [1.82, 2.24) is 4.31 Å². The van der Waals surface area contributed by atoms with E-state index in [2.05, 4.69) is 0 Å². The van der Waals surface area contributed by atoms with Crippen molar-refractivity contribution in [3.63, 3.8) is 0 Å². The highest BCUT2D eigenvalue weighted by Crippen LogP contribution is 2.23. The maximum absolute atomic E-state index is 12.2. The molecule has 1 rings (SSSR count). The molecule has 0 amide bonds. The summed E-state index contributed by atoms with van der Waals surface area (Å²) in [5.41, 5.74) is 0. The predicted octanol–water partition coefficient (Wildman–Crippen LogP) is 1.39. The zero-order valence-corrected chi connectivity index (χ0v) is 12.2. The number of nitrogens with zero attached hydrogens (tertiary/aromatic N) is 1. The van der Waals surface area contributed by atoms with Crippen LogP contribution in [0.25, 0.3) is 0 Å². The number of piperidine rings is 1. The van der Waals surface area contributed by atoms with Crippen molar-refractivity contribution in [3.05, 3.63) is 0 Å². The number of hydrogen-bond acceptors (Lipinski definition) is 4. The van der Waals surface area contributed by atoms with E-state index >= 15 is 0 Å². The molecule has 0 N–H and O–H groups in total. The van der Waals surface area contributed by atoms with Crippen LogP contribution in [0.4, 0.5) is 0 Å². The average molecular weight is 277 g/mol. The van der Waals surface area contributed by atoms with Crippen LogP contribution in [-0.4, -0.2) is 43.6 Å². The highest BCUT2D eigenvalue weighted by atomic mass is 32.2. The summed E-state index contributed by atoms with van der Waals surface area (Å²) in [6, 6.07) is -0.623. The molecule has 1 saturated heterocycles. The largest absolute Gasteiger partial charge is 0.465 e. The molecule has 0 radical (unpaired) electrons. The highest BCUT2D eigenvalue weighted by molar-refractivity contribution is 7.89. The summed E-state index contributed by atoms with van der Waals surface area (Å²) in [4.78, 5) is 11.8. The van der Waals surface area contributed by atoms with Crippen LogP contribution in [0.2, 0.25) is 0 Å². The molecule has 1 heterocycles. The molecule has 0 saturated carbocycles. The van der Waals surface area contributed by atoms with E-state index in [9.17, 15) is 13.2 Å². The standard InChI is InChI=1S/C12H23NO4S/c1-4-17-12(14)11-7-5-6-8-13(11)18(15,16)9-10(2)3/h10-11H,4-9H2,1-3H3. The topological polar surface area (TPSA) is 63.7 Å². The van der Waals surface area contributed by atoms with Crippen LogP contribution < -0.4 is 0 Å². The molecule has 0 aromatic carbocycles. The van der Waals surface area contributed by atoms with Crippen molar-refractivity contribution in [2.24, 2.45) is 5.92 Å². The molecule has 0 aromatic rings. The smallest absolute Gasteiger partial charge is 0.324 e. The minimum Gasteiger partial charge on any atom is -0.465 e. The molecular formula is C12H23NO4S.